The van der Waals surface area contributed by atoms with E-state index < -0.39 is 5.91 Å². The molecule has 0 saturated heterocycles. The van der Waals surface area contributed by atoms with Crippen molar-refractivity contribution in [3.05, 3.63) is 5.82 Å². The molecular formula is C6H10N6O2. The third kappa shape index (κ3) is 2.59. The lowest BCUT2D eigenvalue weighted by molar-refractivity contribution is -0.119. The molecule has 0 aromatic carbocycles. The number of amides is 1. The first-order valence-electron chi connectivity index (χ1n) is 3.88. The van der Waals surface area contributed by atoms with E-state index in [9.17, 15) is 9.59 Å². The van der Waals surface area contributed by atoms with E-state index in [0.29, 0.717) is 0 Å². The molecule has 1 amide bonds. The molecule has 0 fully saturated rings. The van der Waals surface area contributed by atoms with Crippen molar-refractivity contribution in [2.75, 3.05) is 6.54 Å². The average Bonchev–Trinajstić information content (AvgIpc) is 2.52. The van der Waals surface area contributed by atoms with Gasteiger partial charge in [-0.05, 0) is 10.4 Å². The van der Waals surface area contributed by atoms with Gasteiger partial charge in [0.15, 0.2) is 11.6 Å². The van der Waals surface area contributed by atoms with E-state index >= 15 is 0 Å². The quantitative estimate of drug-likeness (QED) is 0.526. The molecule has 4 N–H and O–H groups in total. The largest absolute Gasteiger partial charge is 0.369 e. The Hall–Kier alpha value is -1.83. The highest BCUT2D eigenvalue weighted by molar-refractivity contribution is 5.80. The van der Waals surface area contributed by atoms with Crippen molar-refractivity contribution in [2.45, 2.75) is 13.0 Å². The Morgan fingerprint density at radius 3 is 2.71 bits per heavy atom. The van der Waals surface area contributed by atoms with Gasteiger partial charge in [0.1, 0.15) is 6.54 Å². The third-order valence-electron chi connectivity index (χ3n) is 1.49. The summed E-state index contributed by atoms with van der Waals surface area (Å²) in [5.74, 6) is -0.511. The van der Waals surface area contributed by atoms with Gasteiger partial charge in [-0.15, -0.1) is 5.10 Å². The standard InChI is InChI=1S/C6H10N6O2/c7-2-4(13)3-12-6(1-5(8)14)9-10-11-12/h1-3,7H2,(H2,8,14). The molecule has 0 saturated carbocycles. The Morgan fingerprint density at radius 1 is 1.43 bits per heavy atom. The average molecular weight is 198 g/mol. The second-order valence-electron chi connectivity index (χ2n) is 2.64. The number of carbonyl (C=O) groups is 2. The van der Waals surface area contributed by atoms with Crippen LogP contribution in [0.3, 0.4) is 0 Å². The minimum atomic E-state index is -0.554. The van der Waals surface area contributed by atoms with Crippen LogP contribution in [0.4, 0.5) is 0 Å². The van der Waals surface area contributed by atoms with E-state index in [2.05, 4.69) is 15.5 Å². The van der Waals surface area contributed by atoms with E-state index in [1.165, 1.54) is 4.68 Å². The Labute approximate surface area is 79.2 Å². The smallest absolute Gasteiger partial charge is 0.225 e. The van der Waals surface area contributed by atoms with E-state index in [1.807, 2.05) is 0 Å². The van der Waals surface area contributed by atoms with Gasteiger partial charge in [0.2, 0.25) is 5.91 Å². The summed E-state index contributed by atoms with van der Waals surface area (Å²) in [6, 6.07) is 0. The van der Waals surface area contributed by atoms with Crippen LogP contribution in [0.15, 0.2) is 0 Å². The SMILES string of the molecule is NCC(=O)Cn1nnnc1CC(N)=O. The molecule has 1 aromatic rings. The normalized spacial score (nSPS) is 10.1. The summed E-state index contributed by atoms with van der Waals surface area (Å²) in [6.45, 7) is -0.123. The molecular weight excluding hydrogens is 188 g/mol. The van der Waals surface area contributed by atoms with Crippen LogP contribution in [0.5, 0.6) is 0 Å². The summed E-state index contributed by atoms with van der Waals surface area (Å²) in [7, 11) is 0. The van der Waals surface area contributed by atoms with Crippen molar-refractivity contribution in [2.24, 2.45) is 11.5 Å². The van der Waals surface area contributed by atoms with Gasteiger partial charge < -0.3 is 11.5 Å². The minimum Gasteiger partial charge on any atom is -0.369 e. The van der Waals surface area contributed by atoms with Crippen LogP contribution >= 0.6 is 0 Å². The summed E-state index contributed by atoms with van der Waals surface area (Å²) in [6.07, 6.45) is -0.0924. The summed E-state index contributed by atoms with van der Waals surface area (Å²) in [5, 5.41) is 10.4. The highest BCUT2D eigenvalue weighted by Gasteiger charge is 2.11. The zero-order valence-electron chi connectivity index (χ0n) is 7.38. The van der Waals surface area contributed by atoms with Crippen molar-refractivity contribution in [3.63, 3.8) is 0 Å². The molecule has 0 unspecified atom stereocenters. The Bertz CT molecular complexity index is 346. The Balaban J connectivity index is 2.72. The number of hydrogen-bond acceptors (Lipinski definition) is 6. The number of tetrazole rings is 1. The summed E-state index contributed by atoms with van der Waals surface area (Å²) < 4.78 is 1.21. The topological polar surface area (TPSA) is 130 Å². The molecule has 0 atom stereocenters. The van der Waals surface area contributed by atoms with Crippen molar-refractivity contribution >= 4 is 11.7 Å². The molecule has 0 bridgehead atoms. The molecule has 76 valence electrons. The first-order valence-corrected chi connectivity index (χ1v) is 3.88. The van der Waals surface area contributed by atoms with Crippen LogP contribution < -0.4 is 11.5 Å². The molecule has 0 aliphatic carbocycles. The predicted molar refractivity (Wildman–Crippen MR) is 44.8 cm³/mol. The number of hydrogen-bond donors (Lipinski definition) is 2. The van der Waals surface area contributed by atoms with Crippen LogP contribution in [0.1, 0.15) is 5.82 Å². The lowest BCUT2D eigenvalue weighted by Gasteiger charge is -2.00. The van der Waals surface area contributed by atoms with Crippen molar-refractivity contribution in [3.8, 4) is 0 Å². The van der Waals surface area contributed by atoms with Crippen LogP contribution in [-0.4, -0.2) is 38.4 Å². The number of nitrogens with zero attached hydrogens (tertiary/aromatic N) is 4. The van der Waals surface area contributed by atoms with Crippen LogP contribution in [0.2, 0.25) is 0 Å². The zero-order chi connectivity index (χ0) is 10.6. The Morgan fingerprint density at radius 2 is 2.14 bits per heavy atom. The second-order valence-corrected chi connectivity index (χ2v) is 2.64. The van der Waals surface area contributed by atoms with Crippen molar-refractivity contribution < 1.29 is 9.59 Å². The van der Waals surface area contributed by atoms with E-state index in [0.717, 1.165) is 0 Å². The number of carbonyl (C=O) groups excluding carboxylic acids is 2. The summed E-state index contributed by atoms with van der Waals surface area (Å²) in [4.78, 5) is 21.5. The van der Waals surface area contributed by atoms with Gasteiger partial charge in [-0.25, -0.2) is 4.68 Å². The highest BCUT2D eigenvalue weighted by atomic mass is 16.1. The van der Waals surface area contributed by atoms with Gasteiger partial charge in [0, 0.05) is 0 Å². The van der Waals surface area contributed by atoms with E-state index in [1.54, 1.807) is 0 Å². The maximum absolute atomic E-state index is 11.0. The summed E-state index contributed by atoms with van der Waals surface area (Å²) >= 11 is 0. The molecule has 0 radical (unpaired) electrons. The molecule has 8 nitrogen and oxygen atoms in total. The number of rotatable bonds is 5. The number of ketones is 1. The molecule has 1 rings (SSSR count). The van der Waals surface area contributed by atoms with Crippen LogP contribution in [0.25, 0.3) is 0 Å². The molecule has 1 heterocycles. The molecule has 0 aliphatic heterocycles. The predicted octanol–water partition coefficient (Wildman–Crippen LogP) is -2.77. The van der Waals surface area contributed by atoms with Gasteiger partial charge >= 0.3 is 0 Å². The van der Waals surface area contributed by atoms with Gasteiger partial charge in [0.05, 0.1) is 13.0 Å². The molecule has 1 aromatic heterocycles. The second kappa shape index (κ2) is 4.42. The third-order valence-corrected chi connectivity index (χ3v) is 1.49. The highest BCUT2D eigenvalue weighted by Crippen LogP contribution is 1.93. The monoisotopic (exact) mass is 198 g/mol. The van der Waals surface area contributed by atoms with Crippen LogP contribution in [0, 0.1) is 0 Å². The number of primary amides is 1. The molecule has 0 aliphatic rings. The molecule has 0 spiro atoms. The minimum absolute atomic E-state index is 0.0356. The van der Waals surface area contributed by atoms with Crippen LogP contribution in [-0.2, 0) is 22.6 Å². The lowest BCUT2D eigenvalue weighted by Crippen LogP contribution is -2.23. The maximum Gasteiger partial charge on any atom is 0.225 e. The van der Waals surface area contributed by atoms with Gasteiger partial charge in [-0.2, -0.15) is 0 Å². The van der Waals surface area contributed by atoms with Crippen molar-refractivity contribution in [1.29, 1.82) is 0 Å². The first-order chi connectivity index (χ1) is 6.63. The fourth-order valence-electron chi connectivity index (χ4n) is 0.860. The fraction of sp³-hybridized carbons (Fsp3) is 0.500. The van der Waals surface area contributed by atoms with E-state index in [-0.39, 0.29) is 31.1 Å². The summed E-state index contributed by atoms with van der Waals surface area (Å²) in [5.41, 5.74) is 10.1. The van der Waals surface area contributed by atoms with Gasteiger partial charge in [-0.3, -0.25) is 9.59 Å². The number of aromatic nitrogens is 4. The molecule has 8 heteroatoms. The fourth-order valence-corrected chi connectivity index (χ4v) is 0.860. The van der Waals surface area contributed by atoms with E-state index in [4.69, 9.17) is 11.5 Å². The maximum atomic E-state index is 11.0. The zero-order valence-corrected chi connectivity index (χ0v) is 7.38. The lowest BCUT2D eigenvalue weighted by atomic mass is 10.3. The van der Waals surface area contributed by atoms with Crippen molar-refractivity contribution in [1.82, 2.24) is 20.2 Å². The molecule has 14 heavy (non-hydrogen) atoms. The number of Topliss-reactive ketones (excluding diaryl/α,β-unsaturated/α-hetero) is 1. The Kier molecular flexibility index (Phi) is 3.24. The van der Waals surface area contributed by atoms with Gasteiger partial charge in [-0.1, -0.05) is 0 Å². The van der Waals surface area contributed by atoms with Gasteiger partial charge in [0.25, 0.3) is 0 Å². The number of nitrogens with two attached hydrogens (primary N) is 2. The first kappa shape index (κ1) is 10.3.